The van der Waals surface area contributed by atoms with Gasteiger partial charge in [-0.15, -0.1) is 0 Å². The number of halogens is 1. The first-order valence-electron chi connectivity index (χ1n) is 6.51. The zero-order valence-corrected chi connectivity index (χ0v) is 12.5. The summed E-state index contributed by atoms with van der Waals surface area (Å²) in [6.45, 7) is 7.64. The number of nitrogens with zero attached hydrogens (tertiary/aromatic N) is 2. The van der Waals surface area contributed by atoms with Gasteiger partial charge in [-0.05, 0) is 35.3 Å². The lowest BCUT2D eigenvalue weighted by atomic mass is 10.2. The molecule has 1 amide bonds. The lowest BCUT2D eigenvalue weighted by Crippen LogP contribution is -2.52. The van der Waals surface area contributed by atoms with E-state index < -0.39 is 0 Å². The van der Waals surface area contributed by atoms with Gasteiger partial charge in [0, 0.05) is 42.9 Å². The lowest BCUT2D eigenvalue weighted by Gasteiger charge is -2.34. The Balaban J connectivity index is 2.21. The van der Waals surface area contributed by atoms with E-state index in [4.69, 9.17) is 0 Å². The second-order valence-corrected chi connectivity index (χ2v) is 5.70. The van der Waals surface area contributed by atoms with Crippen LogP contribution in [0.25, 0.3) is 0 Å². The molecule has 18 heavy (non-hydrogen) atoms. The van der Waals surface area contributed by atoms with Gasteiger partial charge in [-0.1, -0.05) is 6.92 Å². The number of piperazine rings is 1. The second kappa shape index (κ2) is 5.89. The third-order valence-corrected chi connectivity index (χ3v) is 3.74. The van der Waals surface area contributed by atoms with Crippen molar-refractivity contribution in [1.29, 1.82) is 0 Å². The van der Waals surface area contributed by atoms with E-state index in [2.05, 4.69) is 35.1 Å². The van der Waals surface area contributed by atoms with Crippen molar-refractivity contribution >= 4 is 21.8 Å². The highest BCUT2D eigenvalue weighted by molar-refractivity contribution is 9.10. The number of nitrogens with one attached hydrogen (secondary N) is 1. The number of hydrogen-bond donors (Lipinski definition) is 1. The molecule has 1 aliphatic rings. The highest BCUT2D eigenvalue weighted by atomic mass is 79.9. The van der Waals surface area contributed by atoms with Crippen molar-refractivity contribution in [3.05, 3.63) is 22.4 Å². The van der Waals surface area contributed by atoms with Crippen LogP contribution in [0.1, 0.15) is 30.8 Å². The normalized spacial score (nSPS) is 20.2. The van der Waals surface area contributed by atoms with Gasteiger partial charge in [0.25, 0.3) is 5.91 Å². The lowest BCUT2D eigenvalue weighted by molar-refractivity contribution is 0.0644. The zero-order chi connectivity index (χ0) is 13.1. The molecule has 1 aromatic rings. The number of aromatic nitrogens is 1. The van der Waals surface area contributed by atoms with Crippen molar-refractivity contribution < 1.29 is 4.79 Å². The van der Waals surface area contributed by atoms with Crippen LogP contribution in [0.5, 0.6) is 0 Å². The maximum atomic E-state index is 12.6. The summed E-state index contributed by atoms with van der Waals surface area (Å²) in [5.74, 6) is 0.142. The summed E-state index contributed by atoms with van der Waals surface area (Å²) in [7, 11) is 0. The Morgan fingerprint density at radius 3 is 3.06 bits per heavy atom. The largest absolute Gasteiger partial charge is 0.342 e. The summed E-state index contributed by atoms with van der Waals surface area (Å²) in [6, 6.07) is 2.18. The minimum atomic E-state index is 0.142. The summed E-state index contributed by atoms with van der Waals surface area (Å²) < 4.78 is 3.02. The molecule has 1 atom stereocenters. The van der Waals surface area contributed by atoms with Crippen LogP contribution in [-0.4, -0.2) is 41.1 Å². The van der Waals surface area contributed by atoms with Crippen LogP contribution in [0.2, 0.25) is 0 Å². The molecule has 0 aromatic carbocycles. The van der Waals surface area contributed by atoms with Gasteiger partial charge in [0.1, 0.15) is 5.69 Å². The van der Waals surface area contributed by atoms with Crippen LogP contribution in [0, 0.1) is 0 Å². The first-order chi connectivity index (χ1) is 8.63. The minimum Gasteiger partial charge on any atom is -0.342 e. The monoisotopic (exact) mass is 313 g/mol. The second-order valence-electron chi connectivity index (χ2n) is 4.79. The molecule has 2 rings (SSSR count). The van der Waals surface area contributed by atoms with E-state index in [9.17, 15) is 4.79 Å². The molecular weight excluding hydrogens is 294 g/mol. The Morgan fingerprint density at radius 2 is 2.39 bits per heavy atom. The maximum Gasteiger partial charge on any atom is 0.270 e. The van der Waals surface area contributed by atoms with Crippen molar-refractivity contribution in [1.82, 2.24) is 14.8 Å². The van der Waals surface area contributed by atoms with Gasteiger partial charge in [-0.3, -0.25) is 4.79 Å². The molecule has 0 aliphatic carbocycles. The van der Waals surface area contributed by atoms with E-state index in [1.165, 1.54) is 0 Å². The molecule has 0 unspecified atom stereocenters. The molecule has 4 nitrogen and oxygen atoms in total. The van der Waals surface area contributed by atoms with Crippen molar-refractivity contribution in [3.8, 4) is 0 Å². The van der Waals surface area contributed by atoms with Crippen LogP contribution in [-0.2, 0) is 6.54 Å². The van der Waals surface area contributed by atoms with E-state index >= 15 is 0 Å². The van der Waals surface area contributed by atoms with Crippen molar-refractivity contribution in [2.45, 2.75) is 32.9 Å². The molecule has 5 heteroatoms. The van der Waals surface area contributed by atoms with Crippen LogP contribution < -0.4 is 5.32 Å². The number of carbonyl (C=O) groups is 1. The van der Waals surface area contributed by atoms with Gasteiger partial charge >= 0.3 is 0 Å². The quantitative estimate of drug-likeness (QED) is 0.928. The highest BCUT2D eigenvalue weighted by Crippen LogP contribution is 2.18. The average molecular weight is 314 g/mol. The van der Waals surface area contributed by atoms with Gasteiger partial charge in [0.15, 0.2) is 0 Å². The summed E-state index contributed by atoms with van der Waals surface area (Å²) >= 11 is 3.46. The molecule has 2 heterocycles. The van der Waals surface area contributed by atoms with Gasteiger partial charge in [0.2, 0.25) is 0 Å². The topological polar surface area (TPSA) is 37.3 Å². The molecule has 0 saturated carbocycles. The average Bonchev–Trinajstić information content (AvgIpc) is 2.71. The van der Waals surface area contributed by atoms with E-state index in [1.54, 1.807) is 0 Å². The molecule has 0 bridgehead atoms. The fourth-order valence-corrected chi connectivity index (χ4v) is 2.83. The van der Waals surface area contributed by atoms with Crippen LogP contribution in [0.4, 0.5) is 0 Å². The van der Waals surface area contributed by atoms with Gasteiger partial charge in [-0.25, -0.2) is 0 Å². The zero-order valence-electron chi connectivity index (χ0n) is 10.9. The van der Waals surface area contributed by atoms with E-state index in [0.717, 1.165) is 42.8 Å². The number of rotatable bonds is 3. The molecule has 100 valence electrons. The molecule has 1 saturated heterocycles. The summed E-state index contributed by atoms with van der Waals surface area (Å²) in [5.41, 5.74) is 0.789. The first-order valence-corrected chi connectivity index (χ1v) is 7.30. The predicted octanol–water partition coefficient (Wildman–Crippen LogP) is 2.09. The Hall–Kier alpha value is -0.810. The molecule has 0 radical (unpaired) electrons. The predicted molar refractivity (Wildman–Crippen MR) is 75.8 cm³/mol. The maximum absolute atomic E-state index is 12.6. The number of amides is 1. The Kier molecular flexibility index (Phi) is 4.45. The summed E-state index contributed by atoms with van der Waals surface area (Å²) in [6.07, 6.45) is 3.02. The van der Waals surface area contributed by atoms with Gasteiger partial charge < -0.3 is 14.8 Å². The minimum absolute atomic E-state index is 0.142. The third-order valence-electron chi connectivity index (χ3n) is 3.31. The molecule has 1 fully saturated rings. The fraction of sp³-hybridized carbons (Fsp3) is 0.615. The molecular formula is C13H20BrN3O. The smallest absolute Gasteiger partial charge is 0.270 e. The van der Waals surface area contributed by atoms with E-state index in [-0.39, 0.29) is 11.9 Å². The van der Waals surface area contributed by atoms with Crippen molar-refractivity contribution in [2.75, 3.05) is 19.6 Å². The standard InChI is InChI=1S/C13H20BrN3O/c1-3-5-16-9-11(14)7-12(16)13(18)17-6-4-15-8-10(17)2/h7,9-10,15H,3-6,8H2,1-2H3/t10-/m0/s1. The Labute approximate surface area is 116 Å². The van der Waals surface area contributed by atoms with E-state index in [1.807, 2.05) is 21.7 Å². The van der Waals surface area contributed by atoms with Gasteiger partial charge in [0.05, 0.1) is 0 Å². The van der Waals surface area contributed by atoms with Gasteiger partial charge in [-0.2, -0.15) is 0 Å². The fourth-order valence-electron chi connectivity index (χ4n) is 2.37. The molecule has 1 N–H and O–H groups in total. The Morgan fingerprint density at radius 1 is 1.61 bits per heavy atom. The number of aryl methyl sites for hydroxylation is 1. The summed E-state index contributed by atoms with van der Waals surface area (Å²) in [5, 5.41) is 3.31. The first kappa shape index (κ1) is 13.6. The van der Waals surface area contributed by atoms with Crippen molar-refractivity contribution in [3.63, 3.8) is 0 Å². The van der Waals surface area contributed by atoms with Crippen LogP contribution in [0.3, 0.4) is 0 Å². The van der Waals surface area contributed by atoms with E-state index in [0.29, 0.717) is 0 Å². The highest BCUT2D eigenvalue weighted by Gasteiger charge is 2.26. The molecule has 1 aliphatic heterocycles. The Bertz CT molecular complexity index is 430. The number of carbonyl (C=O) groups excluding carboxylic acids is 1. The third kappa shape index (κ3) is 2.78. The summed E-state index contributed by atoms with van der Waals surface area (Å²) in [4.78, 5) is 14.5. The van der Waals surface area contributed by atoms with Crippen LogP contribution >= 0.6 is 15.9 Å². The number of hydrogen-bond acceptors (Lipinski definition) is 2. The SMILES string of the molecule is CCCn1cc(Br)cc1C(=O)N1CCNC[C@@H]1C. The van der Waals surface area contributed by atoms with Crippen molar-refractivity contribution in [2.24, 2.45) is 0 Å². The van der Waals surface area contributed by atoms with Crippen LogP contribution in [0.15, 0.2) is 16.7 Å². The molecule has 1 aromatic heterocycles. The molecule has 0 spiro atoms.